The SMILES string of the molecule is CN[C@@H](CCCN)C(=O)Nc1ccc(COC(=O)O)cc1. The van der Waals surface area contributed by atoms with Crippen LogP contribution in [0.2, 0.25) is 0 Å². The lowest BCUT2D eigenvalue weighted by Crippen LogP contribution is -2.38. The quantitative estimate of drug-likeness (QED) is 0.535. The molecule has 0 radical (unpaired) electrons. The van der Waals surface area contributed by atoms with Crippen molar-refractivity contribution in [3.63, 3.8) is 0 Å². The summed E-state index contributed by atoms with van der Waals surface area (Å²) < 4.78 is 4.46. The van der Waals surface area contributed by atoms with Gasteiger partial charge < -0.3 is 26.2 Å². The predicted molar refractivity (Wildman–Crippen MR) is 79.0 cm³/mol. The average Bonchev–Trinajstić information content (AvgIpc) is 2.47. The third-order valence-corrected chi connectivity index (χ3v) is 2.95. The molecule has 0 aromatic heterocycles. The lowest BCUT2D eigenvalue weighted by Gasteiger charge is -2.15. The maximum atomic E-state index is 12.0. The summed E-state index contributed by atoms with van der Waals surface area (Å²) in [5.41, 5.74) is 6.79. The van der Waals surface area contributed by atoms with Crippen LogP contribution in [0.4, 0.5) is 10.5 Å². The van der Waals surface area contributed by atoms with Crippen LogP contribution < -0.4 is 16.4 Å². The van der Waals surface area contributed by atoms with Crippen molar-refractivity contribution in [3.05, 3.63) is 29.8 Å². The highest BCUT2D eigenvalue weighted by Crippen LogP contribution is 2.11. The zero-order chi connectivity index (χ0) is 15.7. The number of likely N-dealkylation sites (N-methyl/N-ethyl adjacent to an activating group) is 1. The molecule has 0 spiro atoms. The molecule has 116 valence electrons. The minimum absolute atomic E-state index is 0.0147. The summed E-state index contributed by atoms with van der Waals surface area (Å²) in [5, 5.41) is 14.2. The minimum atomic E-state index is -1.32. The van der Waals surface area contributed by atoms with Gasteiger partial charge in [-0.3, -0.25) is 4.79 Å². The standard InChI is InChI=1S/C14H21N3O4/c1-16-12(3-2-8-15)13(18)17-11-6-4-10(5-7-11)9-21-14(19)20/h4-7,12,16H,2-3,8-9,15H2,1H3,(H,17,18)(H,19,20)/t12-/m0/s1. The molecule has 5 N–H and O–H groups in total. The molecule has 0 unspecified atom stereocenters. The first kappa shape index (κ1) is 16.9. The highest BCUT2D eigenvalue weighted by molar-refractivity contribution is 5.94. The van der Waals surface area contributed by atoms with E-state index in [0.29, 0.717) is 24.2 Å². The smallest absolute Gasteiger partial charge is 0.450 e. The average molecular weight is 295 g/mol. The van der Waals surface area contributed by atoms with Gasteiger partial charge in [-0.05, 0) is 44.1 Å². The molecule has 0 saturated carbocycles. The molecule has 0 heterocycles. The van der Waals surface area contributed by atoms with E-state index in [2.05, 4.69) is 15.4 Å². The molecule has 1 aromatic carbocycles. The number of carbonyl (C=O) groups is 2. The Bertz CT molecular complexity index is 462. The maximum absolute atomic E-state index is 12.0. The second-order valence-electron chi connectivity index (χ2n) is 4.51. The fourth-order valence-electron chi connectivity index (χ4n) is 1.79. The summed E-state index contributed by atoms with van der Waals surface area (Å²) in [6.45, 7) is 0.531. The fraction of sp³-hybridized carbons (Fsp3) is 0.429. The van der Waals surface area contributed by atoms with Crippen molar-refractivity contribution in [2.75, 3.05) is 18.9 Å². The monoisotopic (exact) mass is 295 g/mol. The molecule has 7 heteroatoms. The first-order chi connectivity index (χ1) is 10.1. The predicted octanol–water partition coefficient (Wildman–Crippen LogP) is 1.15. The van der Waals surface area contributed by atoms with Crippen LogP contribution in [0, 0.1) is 0 Å². The van der Waals surface area contributed by atoms with Crippen molar-refractivity contribution >= 4 is 17.7 Å². The molecular formula is C14H21N3O4. The number of hydrogen-bond acceptors (Lipinski definition) is 5. The Hall–Kier alpha value is -2.12. The molecule has 0 bridgehead atoms. The Balaban J connectivity index is 2.53. The second kappa shape index (κ2) is 8.93. The van der Waals surface area contributed by atoms with E-state index in [-0.39, 0.29) is 18.6 Å². The van der Waals surface area contributed by atoms with Gasteiger partial charge in [0.15, 0.2) is 0 Å². The molecule has 7 nitrogen and oxygen atoms in total. The molecule has 1 atom stereocenters. The summed E-state index contributed by atoms with van der Waals surface area (Å²) in [6.07, 6.45) is 0.123. The number of hydrogen-bond donors (Lipinski definition) is 4. The molecule has 21 heavy (non-hydrogen) atoms. The van der Waals surface area contributed by atoms with Crippen molar-refractivity contribution < 1.29 is 19.4 Å². The number of carbonyl (C=O) groups excluding carboxylic acids is 1. The van der Waals surface area contributed by atoms with E-state index in [9.17, 15) is 9.59 Å². The van der Waals surface area contributed by atoms with Crippen LogP contribution in [-0.2, 0) is 16.1 Å². The van der Waals surface area contributed by atoms with Crippen LogP contribution in [-0.4, -0.2) is 36.8 Å². The Morgan fingerprint density at radius 2 is 2.00 bits per heavy atom. The van der Waals surface area contributed by atoms with Crippen LogP contribution in [0.1, 0.15) is 18.4 Å². The lowest BCUT2D eigenvalue weighted by molar-refractivity contribution is -0.118. The van der Waals surface area contributed by atoms with Gasteiger partial charge in [0.05, 0.1) is 6.04 Å². The van der Waals surface area contributed by atoms with E-state index in [0.717, 1.165) is 6.42 Å². The Kier molecular flexibility index (Phi) is 7.20. The third kappa shape index (κ3) is 6.24. The number of rotatable bonds is 8. The second-order valence-corrected chi connectivity index (χ2v) is 4.51. The number of nitrogens with one attached hydrogen (secondary N) is 2. The van der Waals surface area contributed by atoms with Gasteiger partial charge in [-0.25, -0.2) is 4.79 Å². The van der Waals surface area contributed by atoms with Crippen LogP contribution in [0.25, 0.3) is 0 Å². The third-order valence-electron chi connectivity index (χ3n) is 2.95. The largest absolute Gasteiger partial charge is 0.506 e. The van der Waals surface area contributed by atoms with Gasteiger partial charge in [0.2, 0.25) is 5.91 Å². The minimum Gasteiger partial charge on any atom is -0.450 e. The summed E-state index contributed by atoms with van der Waals surface area (Å²) in [5.74, 6) is -0.125. The molecule has 0 aliphatic rings. The van der Waals surface area contributed by atoms with Gasteiger partial charge in [0.25, 0.3) is 0 Å². The van der Waals surface area contributed by atoms with Gasteiger partial charge in [-0.1, -0.05) is 12.1 Å². The Morgan fingerprint density at radius 1 is 1.33 bits per heavy atom. The van der Waals surface area contributed by atoms with Gasteiger partial charge >= 0.3 is 6.16 Å². The zero-order valence-electron chi connectivity index (χ0n) is 12.0. The van der Waals surface area contributed by atoms with Crippen LogP contribution in [0.3, 0.4) is 0 Å². The van der Waals surface area contributed by atoms with E-state index in [1.807, 2.05) is 0 Å². The van der Waals surface area contributed by atoms with Crippen molar-refractivity contribution in [2.24, 2.45) is 5.73 Å². The lowest BCUT2D eigenvalue weighted by atomic mass is 10.1. The molecule has 1 amide bonds. The first-order valence-electron chi connectivity index (χ1n) is 6.69. The molecule has 0 saturated heterocycles. The normalized spacial score (nSPS) is 11.7. The van der Waals surface area contributed by atoms with Crippen molar-refractivity contribution in [3.8, 4) is 0 Å². The molecule has 0 aliphatic carbocycles. The van der Waals surface area contributed by atoms with E-state index >= 15 is 0 Å². The zero-order valence-corrected chi connectivity index (χ0v) is 12.0. The number of benzene rings is 1. The van der Waals surface area contributed by atoms with Crippen molar-refractivity contribution in [2.45, 2.75) is 25.5 Å². The van der Waals surface area contributed by atoms with Crippen molar-refractivity contribution in [1.29, 1.82) is 0 Å². The van der Waals surface area contributed by atoms with E-state index < -0.39 is 6.16 Å². The number of amides is 1. The van der Waals surface area contributed by atoms with Gasteiger partial charge in [0.1, 0.15) is 6.61 Å². The van der Waals surface area contributed by atoms with E-state index in [1.165, 1.54) is 0 Å². The van der Waals surface area contributed by atoms with Crippen molar-refractivity contribution in [1.82, 2.24) is 5.32 Å². The number of anilines is 1. The van der Waals surface area contributed by atoms with Gasteiger partial charge in [0, 0.05) is 5.69 Å². The van der Waals surface area contributed by atoms with E-state index in [1.54, 1.807) is 31.3 Å². The highest BCUT2D eigenvalue weighted by Gasteiger charge is 2.15. The van der Waals surface area contributed by atoms with Gasteiger partial charge in [-0.2, -0.15) is 0 Å². The molecule has 1 rings (SSSR count). The highest BCUT2D eigenvalue weighted by atomic mass is 16.7. The topological polar surface area (TPSA) is 114 Å². The van der Waals surface area contributed by atoms with Crippen LogP contribution >= 0.6 is 0 Å². The van der Waals surface area contributed by atoms with Crippen LogP contribution in [0.5, 0.6) is 0 Å². The molecule has 1 aromatic rings. The number of nitrogens with two attached hydrogens (primary N) is 1. The summed E-state index contributed by atoms with van der Waals surface area (Å²) >= 11 is 0. The van der Waals surface area contributed by atoms with E-state index in [4.69, 9.17) is 10.8 Å². The first-order valence-corrected chi connectivity index (χ1v) is 6.69. The molecule has 0 fully saturated rings. The van der Waals surface area contributed by atoms with Crippen LogP contribution in [0.15, 0.2) is 24.3 Å². The Morgan fingerprint density at radius 3 is 2.52 bits per heavy atom. The molecule has 0 aliphatic heterocycles. The molecular weight excluding hydrogens is 274 g/mol. The summed E-state index contributed by atoms with van der Waals surface area (Å²) in [7, 11) is 1.73. The summed E-state index contributed by atoms with van der Waals surface area (Å²) in [6, 6.07) is 6.52. The summed E-state index contributed by atoms with van der Waals surface area (Å²) in [4.78, 5) is 22.3. The Labute approximate surface area is 123 Å². The number of carboxylic acid groups (broad SMARTS) is 1. The number of ether oxygens (including phenoxy) is 1. The fourth-order valence-corrected chi connectivity index (χ4v) is 1.79. The maximum Gasteiger partial charge on any atom is 0.506 e. The van der Waals surface area contributed by atoms with Gasteiger partial charge in [-0.15, -0.1) is 0 Å².